The van der Waals surface area contributed by atoms with Gasteiger partial charge in [0.15, 0.2) is 0 Å². The van der Waals surface area contributed by atoms with E-state index in [1.165, 1.54) is 7.11 Å². The van der Waals surface area contributed by atoms with Gasteiger partial charge in [-0.2, -0.15) is 0 Å². The molecule has 1 heterocycles. The van der Waals surface area contributed by atoms with Crippen LogP contribution in [0.25, 0.3) is 0 Å². The van der Waals surface area contributed by atoms with Gasteiger partial charge >= 0.3 is 0 Å². The Morgan fingerprint density at radius 3 is 2.63 bits per heavy atom. The molecule has 0 bridgehead atoms. The highest BCUT2D eigenvalue weighted by atomic mass is 16.5. The maximum atomic E-state index is 11.7. The van der Waals surface area contributed by atoms with Gasteiger partial charge in [-0.15, -0.1) is 0 Å². The van der Waals surface area contributed by atoms with Crippen LogP contribution in [0.1, 0.15) is 19.3 Å². The van der Waals surface area contributed by atoms with Crippen molar-refractivity contribution in [2.75, 3.05) is 40.0 Å². The molecule has 1 amide bonds. The van der Waals surface area contributed by atoms with Crippen molar-refractivity contribution in [3.63, 3.8) is 0 Å². The number of methoxy groups -OCH3 is 1. The van der Waals surface area contributed by atoms with E-state index in [9.17, 15) is 9.90 Å². The summed E-state index contributed by atoms with van der Waals surface area (Å²) in [6.07, 6.45) is 1.79. The van der Waals surface area contributed by atoms with Gasteiger partial charge in [-0.05, 0) is 12.8 Å². The second-order valence-electron chi connectivity index (χ2n) is 5.38. The lowest BCUT2D eigenvalue weighted by molar-refractivity contribution is -0.213. The lowest BCUT2D eigenvalue weighted by Crippen LogP contribution is -2.63. The van der Waals surface area contributed by atoms with Crippen molar-refractivity contribution in [3.05, 3.63) is 0 Å². The molecule has 6 nitrogen and oxygen atoms in total. The van der Waals surface area contributed by atoms with E-state index >= 15 is 0 Å². The molecule has 2 rings (SSSR count). The predicted octanol–water partition coefficient (Wildman–Crippen LogP) is -0.616. The molecule has 1 saturated heterocycles. The fourth-order valence-corrected chi connectivity index (χ4v) is 3.20. The lowest BCUT2D eigenvalue weighted by atomic mass is 9.58. The molecule has 19 heavy (non-hydrogen) atoms. The second-order valence-corrected chi connectivity index (χ2v) is 5.38. The van der Waals surface area contributed by atoms with Gasteiger partial charge in [0, 0.05) is 32.0 Å². The molecule has 0 unspecified atom stereocenters. The number of nitrogens with zero attached hydrogens (tertiary/aromatic N) is 1. The first-order valence-corrected chi connectivity index (χ1v) is 6.81. The minimum atomic E-state index is -0.351. The summed E-state index contributed by atoms with van der Waals surface area (Å²) >= 11 is 0. The van der Waals surface area contributed by atoms with E-state index in [0.717, 1.165) is 12.8 Å². The van der Waals surface area contributed by atoms with Gasteiger partial charge in [0.2, 0.25) is 5.91 Å². The van der Waals surface area contributed by atoms with Gasteiger partial charge in [0.05, 0.1) is 25.4 Å². The average molecular weight is 273 g/mol. The second kappa shape index (κ2) is 6.17. The molecular weight excluding hydrogens is 250 g/mol. The number of aliphatic hydroxyl groups excluding tert-OH is 2. The molecule has 1 spiro atoms. The quantitative estimate of drug-likeness (QED) is 0.698. The van der Waals surface area contributed by atoms with Crippen LogP contribution in [0.15, 0.2) is 0 Å². The number of carbonyl (C=O) groups excluding carboxylic acids is 1. The largest absolute Gasteiger partial charge is 0.394 e. The molecule has 1 aliphatic heterocycles. The number of ether oxygens (including phenoxy) is 2. The van der Waals surface area contributed by atoms with Crippen LogP contribution in [0.3, 0.4) is 0 Å². The van der Waals surface area contributed by atoms with Gasteiger partial charge < -0.3 is 24.6 Å². The Morgan fingerprint density at radius 2 is 2.11 bits per heavy atom. The first-order valence-electron chi connectivity index (χ1n) is 6.81. The summed E-state index contributed by atoms with van der Waals surface area (Å²) in [6.45, 7) is 1.70. The minimum Gasteiger partial charge on any atom is -0.394 e. The molecule has 0 aromatic rings. The number of hydrogen-bond donors (Lipinski definition) is 2. The molecule has 2 N–H and O–H groups in total. The summed E-state index contributed by atoms with van der Waals surface area (Å²) < 4.78 is 10.4. The first kappa shape index (κ1) is 14.7. The van der Waals surface area contributed by atoms with E-state index in [1.54, 1.807) is 4.90 Å². The van der Waals surface area contributed by atoms with E-state index in [1.807, 2.05) is 0 Å². The average Bonchev–Trinajstić information content (AvgIpc) is 2.43. The summed E-state index contributed by atoms with van der Waals surface area (Å²) in [6, 6.07) is 0. The maximum Gasteiger partial charge on any atom is 0.248 e. The molecule has 2 aliphatic rings. The molecule has 6 heteroatoms. The van der Waals surface area contributed by atoms with Crippen molar-refractivity contribution in [3.8, 4) is 0 Å². The van der Waals surface area contributed by atoms with E-state index in [-0.39, 0.29) is 36.7 Å². The fraction of sp³-hybridized carbons (Fsp3) is 0.923. The standard InChI is InChI=1S/C13H23NO5/c1-18-9-12(17)14-4-2-13(3-5-14)10(16)8-11(13)19-7-6-15/h10-11,15-16H,2-9H2,1H3/t10-,11+/m1/s1. The van der Waals surface area contributed by atoms with Crippen LogP contribution < -0.4 is 0 Å². The number of rotatable bonds is 5. The Morgan fingerprint density at radius 1 is 1.42 bits per heavy atom. The molecule has 1 saturated carbocycles. The molecular formula is C13H23NO5. The van der Waals surface area contributed by atoms with Crippen molar-refractivity contribution in [1.82, 2.24) is 4.90 Å². The van der Waals surface area contributed by atoms with Crippen LogP contribution in [0.2, 0.25) is 0 Å². The molecule has 1 aliphatic carbocycles. The number of likely N-dealkylation sites (tertiary alicyclic amines) is 1. The SMILES string of the molecule is COCC(=O)N1CCC2(CC1)[C@H](O)C[C@@H]2OCCO. The number of aliphatic hydroxyl groups is 2. The van der Waals surface area contributed by atoms with Crippen molar-refractivity contribution < 1.29 is 24.5 Å². The van der Waals surface area contributed by atoms with Crippen LogP contribution >= 0.6 is 0 Å². The molecule has 2 fully saturated rings. The van der Waals surface area contributed by atoms with Crippen LogP contribution in [-0.4, -0.2) is 73.2 Å². The number of hydrogen-bond acceptors (Lipinski definition) is 5. The smallest absolute Gasteiger partial charge is 0.248 e. The van der Waals surface area contributed by atoms with Crippen LogP contribution in [0, 0.1) is 5.41 Å². The number of amides is 1. The van der Waals surface area contributed by atoms with Crippen LogP contribution in [0.5, 0.6) is 0 Å². The van der Waals surface area contributed by atoms with Gasteiger partial charge in [0.1, 0.15) is 6.61 Å². The van der Waals surface area contributed by atoms with Crippen LogP contribution in [-0.2, 0) is 14.3 Å². The van der Waals surface area contributed by atoms with Gasteiger partial charge in [-0.25, -0.2) is 0 Å². The van der Waals surface area contributed by atoms with E-state index in [4.69, 9.17) is 14.6 Å². The van der Waals surface area contributed by atoms with E-state index in [2.05, 4.69) is 0 Å². The van der Waals surface area contributed by atoms with Crippen LogP contribution in [0.4, 0.5) is 0 Å². The monoisotopic (exact) mass is 273 g/mol. The molecule has 0 radical (unpaired) electrons. The minimum absolute atomic E-state index is 0.000935. The fourth-order valence-electron chi connectivity index (χ4n) is 3.20. The van der Waals surface area contributed by atoms with Gasteiger partial charge in [0.25, 0.3) is 0 Å². The zero-order chi connectivity index (χ0) is 13.9. The van der Waals surface area contributed by atoms with Gasteiger partial charge in [-0.3, -0.25) is 4.79 Å². The summed E-state index contributed by atoms with van der Waals surface area (Å²) in [4.78, 5) is 13.5. The third-order valence-corrected chi connectivity index (χ3v) is 4.47. The third-order valence-electron chi connectivity index (χ3n) is 4.47. The highest BCUT2D eigenvalue weighted by molar-refractivity contribution is 5.77. The summed E-state index contributed by atoms with van der Waals surface area (Å²) in [5.41, 5.74) is -0.223. The molecule has 0 aromatic carbocycles. The van der Waals surface area contributed by atoms with Gasteiger partial charge in [-0.1, -0.05) is 0 Å². The van der Waals surface area contributed by atoms with Crippen molar-refractivity contribution in [2.45, 2.75) is 31.5 Å². The predicted molar refractivity (Wildman–Crippen MR) is 67.6 cm³/mol. The van der Waals surface area contributed by atoms with Crippen molar-refractivity contribution in [2.24, 2.45) is 5.41 Å². The van der Waals surface area contributed by atoms with Crippen molar-refractivity contribution in [1.29, 1.82) is 0 Å². The Labute approximate surface area is 113 Å². The summed E-state index contributed by atoms with van der Waals surface area (Å²) in [5, 5.41) is 18.9. The molecule has 2 atom stereocenters. The molecule has 110 valence electrons. The summed E-state index contributed by atoms with van der Waals surface area (Å²) in [7, 11) is 1.51. The maximum absolute atomic E-state index is 11.7. The topological polar surface area (TPSA) is 79.2 Å². The Bertz CT molecular complexity index is 314. The normalized spacial score (nSPS) is 29.3. The summed E-state index contributed by atoms with van der Waals surface area (Å²) in [5.74, 6) is -0.000935. The van der Waals surface area contributed by atoms with Crippen molar-refractivity contribution >= 4 is 5.91 Å². The Kier molecular flexibility index (Phi) is 4.78. The highest BCUT2D eigenvalue weighted by Crippen LogP contribution is 2.50. The Hall–Kier alpha value is -0.690. The number of piperidine rings is 1. The van der Waals surface area contributed by atoms with E-state index < -0.39 is 0 Å². The first-order chi connectivity index (χ1) is 9.14. The molecule has 0 aromatic heterocycles. The van der Waals surface area contributed by atoms with E-state index in [0.29, 0.717) is 26.1 Å². The zero-order valence-electron chi connectivity index (χ0n) is 11.4. The number of carbonyl (C=O) groups is 1. The highest BCUT2D eigenvalue weighted by Gasteiger charge is 2.56. The third kappa shape index (κ3) is 2.76. The Balaban J connectivity index is 1.88. The zero-order valence-corrected chi connectivity index (χ0v) is 11.4. The lowest BCUT2D eigenvalue weighted by Gasteiger charge is -2.56.